The molecule has 1 atom stereocenters. The maximum Gasteiger partial charge on any atom is 0.266 e. The summed E-state index contributed by atoms with van der Waals surface area (Å²) >= 11 is 0. The van der Waals surface area contributed by atoms with Crippen LogP contribution in [0.4, 0.5) is 8.78 Å². The molecule has 0 saturated carbocycles. The van der Waals surface area contributed by atoms with Gasteiger partial charge < -0.3 is 10.7 Å². The molecule has 1 unspecified atom stereocenters. The minimum atomic E-state index is -4.08. The summed E-state index contributed by atoms with van der Waals surface area (Å²) in [6, 6.07) is 3.58. The number of nitrogens with zero attached hydrogens (tertiary/aromatic N) is 1. The highest BCUT2D eigenvalue weighted by atomic mass is 32.2. The van der Waals surface area contributed by atoms with Crippen molar-refractivity contribution in [3.63, 3.8) is 0 Å². The summed E-state index contributed by atoms with van der Waals surface area (Å²) in [5.74, 6) is -2.11. The fourth-order valence-electron chi connectivity index (χ4n) is 2.71. The Morgan fingerprint density at radius 3 is 2.59 bits per heavy atom. The Morgan fingerprint density at radius 1 is 1.41 bits per heavy atom. The highest BCUT2D eigenvalue weighted by Gasteiger charge is 2.43. The Balaban J connectivity index is 2.54. The van der Waals surface area contributed by atoms with Crippen molar-refractivity contribution in [2.24, 2.45) is 5.73 Å². The second kappa shape index (κ2) is 8.24. The van der Waals surface area contributed by atoms with Crippen molar-refractivity contribution in [3.8, 4) is 0 Å². The minimum absolute atomic E-state index is 0.0348. The lowest BCUT2D eigenvalue weighted by molar-refractivity contribution is 0.547. The first-order chi connectivity index (χ1) is 13.4. The van der Waals surface area contributed by atoms with E-state index in [1.165, 1.54) is 26.0 Å². The highest BCUT2D eigenvalue weighted by Crippen LogP contribution is 2.36. The molecule has 1 heterocycles. The van der Waals surface area contributed by atoms with Crippen LogP contribution in [0.15, 0.2) is 35.4 Å². The van der Waals surface area contributed by atoms with E-state index in [9.17, 15) is 22.0 Å². The third-order valence-corrected chi connectivity index (χ3v) is 7.66. The molecule has 4 N–H and O–H groups in total. The molecule has 7 nitrogen and oxygen atoms in total. The van der Waals surface area contributed by atoms with Crippen LogP contribution in [0.2, 0.25) is 0 Å². The zero-order valence-electron chi connectivity index (χ0n) is 16.2. The molecule has 0 aliphatic heterocycles. The summed E-state index contributed by atoms with van der Waals surface area (Å²) in [7, 11) is -4.08. The van der Waals surface area contributed by atoms with E-state index >= 15 is 0 Å². The third-order valence-electron chi connectivity index (χ3n) is 4.68. The van der Waals surface area contributed by atoms with Crippen LogP contribution in [0.25, 0.3) is 11.9 Å². The molecule has 0 aliphatic carbocycles. The lowest BCUT2D eigenvalue weighted by Gasteiger charge is -2.29. The number of hydrogen-bond donors (Lipinski definition) is 3. The smallest absolute Gasteiger partial charge is 0.266 e. The highest BCUT2D eigenvalue weighted by molar-refractivity contribution is 7.93. The van der Waals surface area contributed by atoms with Crippen LogP contribution in [0.1, 0.15) is 49.3 Å². The molecule has 0 bridgehead atoms. The van der Waals surface area contributed by atoms with Gasteiger partial charge in [0.05, 0.1) is 11.4 Å². The number of nitrogens with two attached hydrogens (primary N) is 1. The average molecular weight is 424 g/mol. The SMILES string of the molecule is CCC(c1cc(/C=C(\F)c2c[nH]c(=O)cn2)ccc1F)S(=O)(=O)C(C)(C)C(=N)N. The molecule has 0 fully saturated rings. The first-order valence-corrected chi connectivity index (χ1v) is 10.3. The van der Waals surface area contributed by atoms with Crippen molar-refractivity contribution in [3.05, 3.63) is 63.6 Å². The number of rotatable bonds is 7. The molecule has 29 heavy (non-hydrogen) atoms. The molecular weight excluding hydrogens is 402 g/mol. The Labute approximate surface area is 167 Å². The minimum Gasteiger partial charge on any atom is -0.386 e. The molecule has 2 rings (SSSR count). The number of sulfone groups is 1. The van der Waals surface area contributed by atoms with Crippen LogP contribution < -0.4 is 11.3 Å². The van der Waals surface area contributed by atoms with E-state index in [4.69, 9.17) is 11.1 Å². The van der Waals surface area contributed by atoms with Gasteiger partial charge in [0.2, 0.25) is 0 Å². The average Bonchev–Trinajstić information content (AvgIpc) is 2.64. The van der Waals surface area contributed by atoms with Gasteiger partial charge in [-0.25, -0.2) is 22.2 Å². The fraction of sp³-hybridized carbons (Fsp3) is 0.316. The van der Waals surface area contributed by atoms with Crippen LogP contribution in [-0.4, -0.2) is 29.0 Å². The van der Waals surface area contributed by atoms with E-state index in [-0.39, 0.29) is 23.2 Å². The predicted molar refractivity (Wildman–Crippen MR) is 108 cm³/mol. The first kappa shape index (κ1) is 22.4. The summed E-state index contributed by atoms with van der Waals surface area (Å²) in [4.78, 5) is 17.0. The molecular formula is C19H22F2N4O3S. The van der Waals surface area contributed by atoms with Crippen LogP contribution in [0.5, 0.6) is 0 Å². The molecule has 0 radical (unpaired) electrons. The van der Waals surface area contributed by atoms with Crippen LogP contribution in [0.3, 0.4) is 0 Å². The van der Waals surface area contributed by atoms with E-state index in [0.29, 0.717) is 0 Å². The number of halogens is 2. The molecule has 1 aromatic heterocycles. The van der Waals surface area contributed by atoms with Crippen molar-refractivity contribution in [1.29, 1.82) is 5.41 Å². The molecule has 156 valence electrons. The standard InChI is InChI=1S/C19H22F2N4O3S/c1-4-16(29(27,28)19(2,3)18(22)23)12-7-11(5-6-13(12)20)8-14(21)15-9-25-17(26)10-24-15/h5-10,16H,4H2,1-3H3,(H3,22,23)(H,25,26)/b14-8-. The van der Waals surface area contributed by atoms with Crippen molar-refractivity contribution < 1.29 is 17.2 Å². The molecule has 10 heteroatoms. The number of amidine groups is 1. The maximum absolute atomic E-state index is 14.5. The van der Waals surface area contributed by atoms with E-state index in [1.54, 1.807) is 6.92 Å². The molecule has 0 amide bonds. The topological polar surface area (TPSA) is 130 Å². The van der Waals surface area contributed by atoms with E-state index in [1.807, 2.05) is 0 Å². The fourth-order valence-corrected chi connectivity index (χ4v) is 4.68. The molecule has 0 saturated heterocycles. The second-order valence-electron chi connectivity index (χ2n) is 6.94. The van der Waals surface area contributed by atoms with Gasteiger partial charge in [0.1, 0.15) is 22.1 Å². The van der Waals surface area contributed by atoms with Gasteiger partial charge in [0, 0.05) is 11.8 Å². The summed E-state index contributed by atoms with van der Waals surface area (Å²) < 4.78 is 53.3. The van der Waals surface area contributed by atoms with E-state index in [0.717, 1.165) is 24.5 Å². The quantitative estimate of drug-likeness (QED) is 0.465. The van der Waals surface area contributed by atoms with Crippen LogP contribution in [0, 0.1) is 11.2 Å². The van der Waals surface area contributed by atoms with Gasteiger partial charge in [-0.15, -0.1) is 0 Å². The Morgan fingerprint density at radius 2 is 2.07 bits per heavy atom. The molecule has 1 aromatic carbocycles. The van der Waals surface area contributed by atoms with Crippen LogP contribution in [-0.2, 0) is 9.84 Å². The van der Waals surface area contributed by atoms with E-state index in [2.05, 4.69) is 9.97 Å². The maximum atomic E-state index is 14.5. The largest absolute Gasteiger partial charge is 0.386 e. The number of benzene rings is 1. The monoisotopic (exact) mass is 424 g/mol. The number of hydrogen-bond acceptors (Lipinski definition) is 5. The number of H-pyrrole nitrogens is 1. The summed E-state index contributed by atoms with van der Waals surface area (Å²) in [5, 5.41) is 6.32. The first-order valence-electron chi connectivity index (χ1n) is 8.71. The second-order valence-corrected chi connectivity index (χ2v) is 9.62. The van der Waals surface area contributed by atoms with Crippen molar-refractivity contribution >= 4 is 27.6 Å². The molecule has 0 spiro atoms. The number of nitrogens with one attached hydrogen (secondary N) is 2. The van der Waals surface area contributed by atoms with Gasteiger partial charge >= 0.3 is 0 Å². The Hall–Kier alpha value is -2.88. The zero-order chi connectivity index (χ0) is 22.0. The Kier molecular flexibility index (Phi) is 6.37. The van der Waals surface area contributed by atoms with Gasteiger partial charge in [-0.05, 0) is 44.0 Å². The Bertz CT molecular complexity index is 1100. The summed E-state index contributed by atoms with van der Waals surface area (Å²) in [5.41, 5.74) is 4.90. The van der Waals surface area contributed by atoms with Gasteiger partial charge in [-0.2, -0.15) is 0 Å². The van der Waals surface area contributed by atoms with Gasteiger partial charge in [0.25, 0.3) is 5.56 Å². The number of aromatic amines is 1. The van der Waals surface area contributed by atoms with Crippen LogP contribution >= 0.6 is 0 Å². The van der Waals surface area contributed by atoms with Crippen molar-refractivity contribution in [2.75, 3.05) is 0 Å². The summed E-state index contributed by atoms with van der Waals surface area (Å²) in [6.45, 7) is 4.15. The normalized spacial score (nSPS) is 13.9. The van der Waals surface area contributed by atoms with Gasteiger partial charge in [-0.1, -0.05) is 13.0 Å². The van der Waals surface area contributed by atoms with E-state index < -0.39 is 42.9 Å². The number of aromatic nitrogens is 2. The predicted octanol–water partition coefficient (Wildman–Crippen LogP) is 2.96. The molecule has 0 aliphatic rings. The lowest BCUT2D eigenvalue weighted by Crippen LogP contribution is -2.46. The van der Waals surface area contributed by atoms with Gasteiger partial charge in [0.15, 0.2) is 15.7 Å². The zero-order valence-corrected chi connectivity index (χ0v) is 17.0. The molecule has 2 aromatic rings. The van der Waals surface area contributed by atoms with Crippen molar-refractivity contribution in [1.82, 2.24) is 9.97 Å². The lowest BCUT2D eigenvalue weighted by atomic mass is 10.0. The van der Waals surface area contributed by atoms with Gasteiger partial charge in [-0.3, -0.25) is 10.2 Å². The summed E-state index contributed by atoms with van der Waals surface area (Å²) in [6.07, 6.45) is 3.10. The van der Waals surface area contributed by atoms with Crippen molar-refractivity contribution in [2.45, 2.75) is 37.2 Å². The third kappa shape index (κ3) is 4.42.